The Morgan fingerprint density at radius 3 is 2.39 bits per heavy atom. The number of hydrogen-bond acceptors (Lipinski definition) is 7. The Morgan fingerprint density at radius 2 is 1.71 bits per heavy atom. The van der Waals surface area contributed by atoms with Crippen LogP contribution in [0.4, 0.5) is 0 Å². The fourth-order valence-corrected chi connectivity index (χ4v) is 3.48. The second kappa shape index (κ2) is 7.74. The third kappa shape index (κ3) is 4.00. The molecule has 0 unspecified atom stereocenters. The van der Waals surface area contributed by atoms with Crippen molar-refractivity contribution in [2.24, 2.45) is 0 Å². The maximum atomic E-state index is 12.5. The summed E-state index contributed by atoms with van der Waals surface area (Å²) in [6.07, 6.45) is 0. The number of hydrazine groups is 1. The van der Waals surface area contributed by atoms with E-state index in [0.29, 0.717) is 24.7 Å². The highest BCUT2D eigenvalue weighted by Gasteiger charge is 2.23. The summed E-state index contributed by atoms with van der Waals surface area (Å²) in [5.74, 6) is -1.27. The average molecular weight is 408 g/mol. The van der Waals surface area contributed by atoms with Gasteiger partial charge in [0.05, 0.1) is 12.7 Å². The van der Waals surface area contributed by atoms with Crippen LogP contribution in [0, 0.1) is 0 Å². The monoisotopic (exact) mass is 408 g/mol. The van der Waals surface area contributed by atoms with E-state index in [1.807, 2.05) is 4.83 Å². The van der Waals surface area contributed by atoms with E-state index in [9.17, 15) is 18.0 Å². The lowest BCUT2D eigenvalue weighted by Gasteiger charge is -2.18. The molecule has 10 nitrogen and oxygen atoms in total. The number of ether oxygens (including phenoxy) is 3. The first-order valence-corrected chi connectivity index (χ1v) is 9.43. The van der Waals surface area contributed by atoms with E-state index in [0.717, 1.165) is 6.07 Å². The van der Waals surface area contributed by atoms with Crippen molar-refractivity contribution >= 4 is 21.9 Å². The molecule has 3 N–H and O–H groups in total. The fourth-order valence-electron chi connectivity index (χ4n) is 2.45. The van der Waals surface area contributed by atoms with Crippen LogP contribution < -0.4 is 24.5 Å². The number of rotatable bonds is 6. The third-order valence-electron chi connectivity index (χ3n) is 3.80. The molecule has 0 saturated carbocycles. The van der Waals surface area contributed by atoms with Gasteiger partial charge in [-0.3, -0.25) is 10.2 Å². The summed E-state index contributed by atoms with van der Waals surface area (Å²) >= 11 is 0. The predicted octanol–water partition coefficient (Wildman–Crippen LogP) is 0.788. The second-order valence-electron chi connectivity index (χ2n) is 5.59. The summed E-state index contributed by atoms with van der Waals surface area (Å²) in [4.78, 5) is 24.9. The topological polar surface area (TPSA) is 140 Å². The zero-order chi connectivity index (χ0) is 20.3. The number of fused-ring (bicyclic) bond motifs is 1. The minimum Gasteiger partial charge on any atom is -0.495 e. The molecule has 0 saturated heterocycles. The van der Waals surface area contributed by atoms with Crippen molar-refractivity contribution in [2.75, 3.05) is 20.3 Å². The normalized spacial score (nSPS) is 12.9. The molecule has 0 atom stereocenters. The van der Waals surface area contributed by atoms with Crippen molar-refractivity contribution < 1.29 is 37.3 Å². The van der Waals surface area contributed by atoms with Crippen LogP contribution in [-0.4, -0.2) is 45.7 Å². The van der Waals surface area contributed by atoms with Gasteiger partial charge in [-0.1, -0.05) is 0 Å². The van der Waals surface area contributed by atoms with Crippen molar-refractivity contribution in [3.05, 3.63) is 47.5 Å². The number of methoxy groups -OCH3 is 1. The van der Waals surface area contributed by atoms with E-state index >= 15 is 0 Å². The Morgan fingerprint density at radius 1 is 1.04 bits per heavy atom. The molecular formula is C17H16N2O8S. The number of amides is 1. The van der Waals surface area contributed by atoms with Gasteiger partial charge in [0.1, 0.15) is 23.9 Å². The maximum absolute atomic E-state index is 12.5. The van der Waals surface area contributed by atoms with Crippen LogP contribution in [0.1, 0.15) is 20.7 Å². The number of hydrogen-bond donors (Lipinski definition) is 3. The van der Waals surface area contributed by atoms with Crippen molar-refractivity contribution in [1.82, 2.24) is 10.3 Å². The zero-order valence-corrected chi connectivity index (χ0v) is 15.4. The predicted molar refractivity (Wildman–Crippen MR) is 95.2 cm³/mol. The molecule has 0 aromatic heterocycles. The number of carboxylic acid groups (broad SMARTS) is 1. The molecule has 3 rings (SSSR count). The van der Waals surface area contributed by atoms with Gasteiger partial charge in [0, 0.05) is 5.56 Å². The van der Waals surface area contributed by atoms with Gasteiger partial charge in [-0.2, -0.15) is 0 Å². The zero-order valence-electron chi connectivity index (χ0n) is 14.6. The van der Waals surface area contributed by atoms with E-state index < -0.39 is 26.8 Å². The highest BCUT2D eigenvalue weighted by Crippen LogP contribution is 2.30. The van der Waals surface area contributed by atoms with Gasteiger partial charge in [0.15, 0.2) is 11.5 Å². The number of aromatic carboxylic acids is 1. The van der Waals surface area contributed by atoms with Crippen molar-refractivity contribution in [2.45, 2.75) is 4.90 Å². The highest BCUT2D eigenvalue weighted by molar-refractivity contribution is 7.89. The second-order valence-corrected chi connectivity index (χ2v) is 7.24. The Balaban J connectivity index is 1.79. The lowest BCUT2D eigenvalue weighted by molar-refractivity contribution is 0.0696. The molecule has 2 aromatic carbocycles. The Labute approximate surface area is 160 Å². The number of nitrogens with one attached hydrogen (secondary N) is 2. The lowest BCUT2D eigenvalue weighted by Crippen LogP contribution is -2.41. The third-order valence-corrected chi connectivity index (χ3v) is 5.07. The van der Waals surface area contributed by atoms with Gasteiger partial charge in [-0.15, -0.1) is 4.83 Å². The molecule has 2 aromatic rings. The number of sulfonamides is 1. The fraction of sp³-hybridized carbons (Fsp3) is 0.176. The van der Waals surface area contributed by atoms with Crippen molar-refractivity contribution in [1.29, 1.82) is 0 Å². The van der Waals surface area contributed by atoms with Gasteiger partial charge in [-0.05, 0) is 36.4 Å². The van der Waals surface area contributed by atoms with Gasteiger partial charge < -0.3 is 19.3 Å². The summed E-state index contributed by atoms with van der Waals surface area (Å²) in [5.41, 5.74) is 1.95. The van der Waals surface area contributed by atoms with Crippen LogP contribution in [0.2, 0.25) is 0 Å². The molecule has 28 heavy (non-hydrogen) atoms. The smallest absolute Gasteiger partial charge is 0.335 e. The van der Waals surface area contributed by atoms with Crippen LogP contribution in [0.15, 0.2) is 41.3 Å². The van der Waals surface area contributed by atoms with Gasteiger partial charge in [-0.25, -0.2) is 13.2 Å². The molecule has 1 aliphatic rings. The minimum absolute atomic E-state index is 0.0777. The average Bonchev–Trinajstić information content (AvgIpc) is 2.71. The molecular weight excluding hydrogens is 392 g/mol. The summed E-state index contributed by atoms with van der Waals surface area (Å²) in [7, 11) is -3.07. The van der Waals surface area contributed by atoms with Crippen LogP contribution in [-0.2, 0) is 10.0 Å². The molecule has 1 heterocycles. The first kappa shape index (κ1) is 19.5. The molecule has 148 valence electrons. The van der Waals surface area contributed by atoms with Gasteiger partial charge in [0.25, 0.3) is 15.9 Å². The number of carbonyl (C=O) groups excluding carboxylic acids is 1. The quantitative estimate of drug-likeness (QED) is 0.596. The van der Waals surface area contributed by atoms with Crippen molar-refractivity contribution in [3.8, 4) is 17.2 Å². The number of carboxylic acids is 1. The molecule has 11 heteroatoms. The summed E-state index contributed by atoms with van der Waals surface area (Å²) in [5, 5.41) is 9.05. The van der Waals surface area contributed by atoms with E-state index in [1.165, 1.54) is 37.4 Å². The minimum atomic E-state index is -4.31. The van der Waals surface area contributed by atoms with E-state index in [4.69, 9.17) is 19.3 Å². The van der Waals surface area contributed by atoms with Gasteiger partial charge >= 0.3 is 5.97 Å². The summed E-state index contributed by atoms with van der Waals surface area (Å²) in [6.45, 7) is 0.736. The van der Waals surface area contributed by atoms with Crippen molar-refractivity contribution in [3.63, 3.8) is 0 Å². The molecule has 0 bridgehead atoms. The summed E-state index contributed by atoms with van der Waals surface area (Å²) in [6, 6.07) is 7.75. The molecule has 0 aliphatic carbocycles. The summed E-state index contributed by atoms with van der Waals surface area (Å²) < 4.78 is 40.7. The first-order valence-electron chi connectivity index (χ1n) is 7.95. The SMILES string of the molecule is COc1ccc(C(=O)O)cc1S(=O)(=O)NNC(=O)c1ccc2c(c1)OCCO2. The van der Waals surface area contributed by atoms with Crippen LogP contribution in [0.5, 0.6) is 17.2 Å². The van der Waals surface area contributed by atoms with E-state index in [-0.39, 0.29) is 16.9 Å². The van der Waals surface area contributed by atoms with E-state index in [2.05, 4.69) is 5.43 Å². The number of benzene rings is 2. The van der Waals surface area contributed by atoms with E-state index in [1.54, 1.807) is 0 Å². The Hall–Kier alpha value is -3.31. The number of carbonyl (C=O) groups is 2. The lowest BCUT2D eigenvalue weighted by atomic mass is 10.2. The first-order chi connectivity index (χ1) is 13.3. The Kier molecular flexibility index (Phi) is 5.38. The molecule has 0 spiro atoms. The Bertz CT molecular complexity index is 1040. The van der Waals surface area contributed by atoms with Crippen LogP contribution in [0.3, 0.4) is 0 Å². The maximum Gasteiger partial charge on any atom is 0.335 e. The highest BCUT2D eigenvalue weighted by atomic mass is 32.2. The van der Waals surface area contributed by atoms with Gasteiger partial charge in [0.2, 0.25) is 0 Å². The van der Waals surface area contributed by atoms with Crippen LogP contribution in [0.25, 0.3) is 0 Å². The molecule has 1 aliphatic heterocycles. The molecule has 0 radical (unpaired) electrons. The molecule has 0 fully saturated rings. The standard InChI is InChI=1S/C17H16N2O8S/c1-25-13-5-3-11(17(21)22)9-15(13)28(23,24)19-18-16(20)10-2-4-12-14(8-10)27-7-6-26-12/h2-5,8-9,19H,6-7H2,1H3,(H,18,20)(H,21,22). The largest absolute Gasteiger partial charge is 0.495 e. The van der Waals surface area contributed by atoms with Crippen LogP contribution >= 0.6 is 0 Å². The molecule has 1 amide bonds.